The first-order valence-electron chi connectivity index (χ1n) is 4.49. The molecule has 0 radical (unpaired) electrons. The zero-order chi connectivity index (χ0) is 12.4. The highest BCUT2D eigenvalue weighted by Crippen LogP contribution is 2.28. The number of nitrogens with zero attached hydrogens (tertiary/aromatic N) is 2. The molecule has 0 bridgehead atoms. The van der Waals surface area contributed by atoms with Crippen LogP contribution in [-0.2, 0) is 4.74 Å². The summed E-state index contributed by atoms with van der Waals surface area (Å²) in [6, 6.07) is 4.14. The van der Waals surface area contributed by atoms with Crippen LogP contribution < -0.4 is 0 Å². The first-order chi connectivity index (χ1) is 8.13. The van der Waals surface area contributed by atoms with Gasteiger partial charge in [0.15, 0.2) is 0 Å². The third kappa shape index (κ3) is 2.12. The Morgan fingerprint density at radius 1 is 1.47 bits per heavy atom. The molecule has 0 amide bonds. The van der Waals surface area contributed by atoms with Gasteiger partial charge >= 0.3 is 11.9 Å². The molecule has 1 aromatic carbocycles. The lowest BCUT2D eigenvalue weighted by Crippen LogP contribution is -2.00. The summed E-state index contributed by atoms with van der Waals surface area (Å²) in [6.07, 6.45) is 0. The molecular formula is C10H6ClFN2O3. The van der Waals surface area contributed by atoms with E-state index in [0.29, 0.717) is 0 Å². The molecule has 1 aromatic heterocycles. The van der Waals surface area contributed by atoms with Crippen LogP contribution in [0.25, 0.3) is 11.5 Å². The highest BCUT2D eigenvalue weighted by atomic mass is 35.5. The van der Waals surface area contributed by atoms with Gasteiger partial charge in [-0.15, -0.1) is 10.2 Å². The number of aromatic nitrogens is 2. The van der Waals surface area contributed by atoms with Gasteiger partial charge in [-0.3, -0.25) is 0 Å². The molecule has 88 valence electrons. The van der Waals surface area contributed by atoms with E-state index in [1.807, 2.05) is 0 Å². The summed E-state index contributed by atoms with van der Waals surface area (Å²) in [6.45, 7) is 0. The highest BCUT2D eigenvalue weighted by molar-refractivity contribution is 6.33. The molecule has 0 aliphatic carbocycles. The molecule has 7 heteroatoms. The lowest BCUT2D eigenvalue weighted by Gasteiger charge is -1.98. The predicted molar refractivity (Wildman–Crippen MR) is 56.0 cm³/mol. The standard InChI is InChI=1S/C10H6ClFN2O3/c1-16-10(15)9-14-13-8(17-9)5-3-2-4-6(12)7(5)11/h2-4H,1H3. The number of methoxy groups -OCH3 is 1. The Bertz CT molecular complexity index is 570. The summed E-state index contributed by atoms with van der Waals surface area (Å²) < 4.78 is 22.6. The summed E-state index contributed by atoms with van der Waals surface area (Å²) in [4.78, 5) is 11.1. The van der Waals surface area contributed by atoms with Crippen molar-refractivity contribution in [2.75, 3.05) is 7.11 Å². The molecular weight excluding hydrogens is 251 g/mol. The van der Waals surface area contributed by atoms with Gasteiger partial charge in [0.25, 0.3) is 0 Å². The van der Waals surface area contributed by atoms with Crippen LogP contribution in [0.5, 0.6) is 0 Å². The fourth-order valence-corrected chi connectivity index (χ4v) is 1.38. The molecule has 0 atom stereocenters. The fourth-order valence-electron chi connectivity index (χ4n) is 1.17. The minimum atomic E-state index is -0.767. The van der Waals surface area contributed by atoms with E-state index in [9.17, 15) is 9.18 Å². The Kier molecular flexibility index (Phi) is 3.06. The smallest absolute Gasteiger partial charge is 0.396 e. The molecule has 5 nitrogen and oxygen atoms in total. The van der Waals surface area contributed by atoms with Gasteiger partial charge in [0, 0.05) is 0 Å². The number of ether oxygens (including phenoxy) is 1. The maximum absolute atomic E-state index is 13.2. The minimum absolute atomic E-state index is 0.0464. The molecule has 0 aliphatic heterocycles. The van der Waals surface area contributed by atoms with Crippen LogP contribution in [0.15, 0.2) is 22.6 Å². The molecule has 0 saturated heterocycles. The number of hydrogen-bond donors (Lipinski definition) is 0. The van der Waals surface area contributed by atoms with Crippen LogP contribution in [0.4, 0.5) is 4.39 Å². The highest BCUT2D eigenvalue weighted by Gasteiger charge is 2.18. The van der Waals surface area contributed by atoms with Gasteiger partial charge < -0.3 is 9.15 Å². The van der Waals surface area contributed by atoms with Gasteiger partial charge in [-0.1, -0.05) is 17.7 Å². The van der Waals surface area contributed by atoms with E-state index in [1.165, 1.54) is 25.3 Å². The van der Waals surface area contributed by atoms with E-state index < -0.39 is 11.8 Å². The second kappa shape index (κ2) is 4.50. The Labute approximate surface area is 100 Å². The molecule has 0 spiro atoms. The van der Waals surface area contributed by atoms with Crippen molar-refractivity contribution >= 4 is 17.6 Å². The summed E-state index contributed by atoms with van der Waals surface area (Å²) in [5.74, 6) is -1.74. The normalized spacial score (nSPS) is 10.3. The predicted octanol–water partition coefficient (Wildman–Crippen LogP) is 2.32. The van der Waals surface area contributed by atoms with Crippen LogP contribution in [0, 0.1) is 5.82 Å². The number of carbonyl (C=O) groups is 1. The van der Waals surface area contributed by atoms with Crippen molar-refractivity contribution in [3.63, 3.8) is 0 Å². The second-order valence-electron chi connectivity index (χ2n) is 3.01. The number of halogens is 2. The molecule has 2 aromatic rings. The van der Waals surface area contributed by atoms with Crippen molar-refractivity contribution in [2.24, 2.45) is 0 Å². The first kappa shape index (κ1) is 11.5. The van der Waals surface area contributed by atoms with Crippen molar-refractivity contribution < 1.29 is 18.3 Å². The fraction of sp³-hybridized carbons (Fsp3) is 0.100. The monoisotopic (exact) mass is 256 g/mol. The Morgan fingerprint density at radius 3 is 2.94 bits per heavy atom. The molecule has 1 heterocycles. The Balaban J connectivity index is 2.44. The van der Waals surface area contributed by atoms with Crippen LogP contribution in [0.2, 0.25) is 5.02 Å². The topological polar surface area (TPSA) is 65.2 Å². The van der Waals surface area contributed by atoms with E-state index in [0.717, 1.165) is 0 Å². The zero-order valence-electron chi connectivity index (χ0n) is 8.61. The largest absolute Gasteiger partial charge is 0.462 e. The lowest BCUT2D eigenvalue weighted by molar-refractivity contribution is 0.0556. The van der Waals surface area contributed by atoms with E-state index in [4.69, 9.17) is 16.0 Å². The number of benzene rings is 1. The van der Waals surface area contributed by atoms with Crippen LogP contribution >= 0.6 is 11.6 Å². The van der Waals surface area contributed by atoms with E-state index in [2.05, 4.69) is 14.9 Å². The van der Waals surface area contributed by atoms with Gasteiger partial charge in [-0.05, 0) is 12.1 Å². The number of rotatable bonds is 2. The van der Waals surface area contributed by atoms with Gasteiger partial charge in [0.2, 0.25) is 5.89 Å². The third-order valence-corrected chi connectivity index (χ3v) is 2.35. The molecule has 0 unspecified atom stereocenters. The molecule has 0 N–H and O–H groups in total. The van der Waals surface area contributed by atoms with E-state index in [-0.39, 0.29) is 22.4 Å². The van der Waals surface area contributed by atoms with Crippen LogP contribution in [-0.4, -0.2) is 23.3 Å². The SMILES string of the molecule is COC(=O)c1nnc(-c2cccc(F)c2Cl)o1. The quantitative estimate of drug-likeness (QED) is 0.772. The average Bonchev–Trinajstić information content (AvgIpc) is 2.81. The molecule has 0 saturated carbocycles. The molecule has 17 heavy (non-hydrogen) atoms. The minimum Gasteiger partial charge on any atom is -0.462 e. The number of esters is 1. The molecule has 0 aliphatic rings. The van der Waals surface area contributed by atoms with Crippen LogP contribution in [0.1, 0.15) is 10.7 Å². The maximum atomic E-state index is 13.2. The third-order valence-electron chi connectivity index (χ3n) is 1.97. The summed E-state index contributed by atoms with van der Waals surface area (Å²) in [5.41, 5.74) is 0.217. The molecule has 2 rings (SSSR count). The van der Waals surface area contributed by atoms with Crippen LogP contribution in [0.3, 0.4) is 0 Å². The summed E-state index contributed by atoms with van der Waals surface area (Å²) in [7, 11) is 1.18. The maximum Gasteiger partial charge on any atom is 0.396 e. The Hall–Kier alpha value is -1.95. The summed E-state index contributed by atoms with van der Waals surface area (Å²) in [5, 5.41) is 6.90. The van der Waals surface area contributed by atoms with Gasteiger partial charge in [-0.25, -0.2) is 9.18 Å². The Morgan fingerprint density at radius 2 is 2.24 bits per heavy atom. The molecule has 0 fully saturated rings. The van der Waals surface area contributed by atoms with E-state index in [1.54, 1.807) is 0 Å². The number of carbonyl (C=O) groups excluding carboxylic acids is 1. The zero-order valence-corrected chi connectivity index (χ0v) is 9.36. The van der Waals surface area contributed by atoms with Crippen molar-refractivity contribution in [3.05, 3.63) is 34.9 Å². The van der Waals surface area contributed by atoms with Crippen molar-refractivity contribution in [1.82, 2.24) is 10.2 Å². The summed E-state index contributed by atoms with van der Waals surface area (Å²) >= 11 is 5.73. The number of hydrogen-bond acceptors (Lipinski definition) is 5. The van der Waals surface area contributed by atoms with Gasteiger partial charge in [0.05, 0.1) is 17.7 Å². The van der Waals surface area contributed by atoms with Crippen molar-refractivity contribution in [1.29, 1.82) is 0 Å². The van der Waals surface area contributed by atoms with Gasteiger partial charge in [0.1, 0.15) is 5.82 Å². The van der Waals surface area contributed by atoms with E-state index >= 15 is 0 Å². The van der Waals surface area contributed by atoms with Crippen molar-refractivity contribution in [3.8, 4) is 11.5 Å². The van der Waals surface area contributed by atoms with Gasteiger partial charge in [-0.2, -0.15) is 0 Å². The lowest BCUT2D eigenvalue weighted by atomic mass is 10.2. The average molecular weight is 257 g/mol. The van der Waals surface area contributed by atoms with Crippen molar-refractivity contribution in [2.45, 2.75) is 0 Å². The second-order valence-corrected chi connectivity index (χ2v) is 3.38. The first-order valence-corrected chi connectivity index (χ1v) is 4.87.